The Bertz CT molecular complexity index is 173. The molecule has 1 rings (SSSR count). The van der Waals surface area contributed by atoms with Crippen molar-refractivity contribution >= 4 is 0 Å². The molecule has 90 valence electrons. The predicted molar refractivity (Wildman–Crippen MR) is 62.0 cm³/mol. The number of ether oxygens (including phenoxy) is 1. The minimum absolute atomic E-state index is 0.207. The first-order chi connectivity index (χ1) is 7.09. The van der Waals surface area contributed by atoms with Gasteiger partial charge in [-0.25, -0.2) is 0 Å². The first kappa shape index (κ1) is 12.9. The van der Waals surface area contributed by atoms with E-state index in [2.05, 4.69) is 11.8 Å². The average molecular weight is 215 g/mol. The molecule has 0 spiro atoms. The SMILES string of the molecule is CC(C)OCC(O)CN1CCCCC1C. The molecule has 0 aromatic carbocycles. The Balaban J connectivity index is 2.20. The van der Waals surface area contributed by atoms with E-state index in [-0.39, 0.29) is 12.2 Å². The maximum atomic E-state index is 9.80. The van der Waals surface area contributed by atoms with Gasteiger partial charge in [0, 0.05) is 12.6 Å². The van der Waals surface area contributed by atoms with Gasteiger partial charge < -0.3 is 9.84 Å². The van der Waals surface area contributed by atoms with Crippen molar-refractivity contribution in [3.05, 3.63) is 0 Å². The monoisotopic (exact) mass is 215 g/mol. The maximum Gasteiger partial charge on any atom is 0.0900 e. The number of rotatable bonds is 5. The molecular formula is C12H25NO2. The molecular weight excluding hydrogens is 190 g/mol. The van der Waals surface area contributed by atoms with Gasteiger partial charge in [-0.1, -0.05) is 6.42 Å². The van der Waals surface area contributed by atoms with Crippen LogP contribution in [0.4, 0.5) is 0 Å². The van der Waals surface area contributed by atoms with Gasteiger partial charge in [0.1, 0.15) is 0 Å². The molecule has 1 aliphatic rings. The summed E-state index contributed by atoms with van der Waals surface area (Å²) < 4.78 is 5.40. The molecule has 1 fully saturated rings. The molecule has 0 saturated carbocycles. The van der Waals surface area contributed by atoms with Gasteiger partial charge in [0.25, 0.3) is 0 Å². The van der Waals surface area contributed by atoms with E-state index in [9.17, 15) is 5.11 Å². The second kappa shape index (κ2) is 6.46. The summed E-state index contributed by atoms with van der Waals surface area (Å²) in [5.41, 5.74) is 0. The quantitative estimate of drug-likeness (QED) is 0.757. The average Bonchev–Trinajstić information content (AvgIpc) is 2.18. The number of nitrogens with zero attached hydrogens (tertiary/aromatic N) is 1. The Labute approximate surface area is 93.4 Å². The summed E-state index contributed by atoms with van der Waals surface area (Å²) in [6, 6.07) is 0.618. The topological polar surface area (TPSA) is 32.7 Å². The molecule has 2 atom stereocenters. The van der Waals surface area contributed by atoms with Gasteiger partial charge in [-0.3, -0.25) is 4.90 Å². The van der Waals surface area contributed by atoms with Crippen LogP contribution in [0.5, 0.6) is 0 Å². The lowest BCUT2D eigenvalue weighted by molar-refractivity contribution is -0.0169. The van der Waals surface area contributed by atoms with Crippen molar-refractivity contribution in [1.82, 2.24) is 4.90 Å². The third-order valence-electron chi connectivity index (χ3n) is 3.01. The number of aliphatic hydroxyl groups is 1. The highest BCUT2D eigenvalue weighted by Crippen LogP contribution is 2.16. The lowest BCUT2D eigenvalue weighted by atomic mass is 10.0. The second-order valence-electron chi connectivity index (χ2n) is 4.88. The molecule has 1 aliphatic heterocycles. The Morgan fingerprint density at radius 3 is 2.73 bits per heavy atom. The fraction of sp³-hybridized carbons (Fsp3) is 1.00. The molecule has 2 unspecified atom stereocenters. The zero-order valence-corrected chi connectivity index (χ0v) is 10.3. The third kappa shape index (κ3) is 4.96. The number of aliphatic hydroxyl groups excluding tert-OH is 1. The molecule has 0 aliphatic carbocycles. The zero-order valence-electron chi connectivity index (χ0n) is 10.3. The van der Waals surface area contributed by atoms with Gasteiger partial charge in [-0.15, -0.1) is 0 Å². The molecule has 0 aromatic heterocycles. The zero-order chi connectivity index (χ0) is 11.3. The highest BCUT2D eigenvalue weighted by molar-refractivity contribution is 4.75. The van der Waals surface area contributed by atoms with Crippen LogP contribution >= 0.6 is 0 Å². The van der Waals surface area contributed by atoms with E-state index >= 15 is 0 Å². The summed E-state index contributed by atoms with van der Waals surface area (Å²) in [6.07, 6.45) is 3.72. The van der Waals surface area contributed by atoms with Crippen molar-refractivity contribution in [1.29, 1.82) is 0 Å². The Kier molecular flexibility index (Phi) is 5.58. The second-order valence-corrected chi connectivity index (χ2v) is 4.88. The Morgan fingerprint density at radius 2 is 2.13 bits per heavy atom. The van der Waals surface area contributed by atoms with Crippen LogP contribution in [0.2, 0.25) is 0 Å². The van der Waals surface area contributed by atoms with E-state index in [1.165, 1.54) is 19.3 Å². The van der Waals surface area contributed by atoms with Gasteiger partial charge in [-0.2, -0.15) is 0 Å². The van der Waals surface area contributed by atoms with Crippen molar-refractivity contribution in [3.63, 3.8) is 0 Å². The minimum atomic E-state index is -0.340. The largest absolute Gasteiger partial charge is 0.389 e. The van der Waals surface area contributed by atoms with E-state index in [1.807, 2.05) is 13.8 Å². The molecule has 1 heterocycles. The smallest absolute Gasteiger partial charge is 0.0900 e. The fourth-order valence-electron chi connectivity index (χ4n) is 2.06. The fourth-order valence-corrected chi connectivity index (χ4v) is 2.06. The molecule has 0 radical (unpaired) electrons. The number of hydrogen-bond acceptors (Lipinski definition) is 3. The van der Waals surface area contributed by atoms with Crippen molar-refractivity contribution in [2.45, 2.75) is 58.3 Å². The van der Waals surface area contributed by atoms with Crippen LogP contribution in [0.1, 0.15) is 40.0 Å². The number of piperidine rings is 1. The molecule has 0 amide bonds. The standard InChI is InChI=1S/C12H25NO2/c1-10(2)15-9-12(14)8-13-7-5-4-6-11(13)3/h10-12,14H,4-9H2,1-3H3. The summed E-state index contributed by atoms with van der Waals surface area (Å²) in [5.74, 6) is 0. The van der Waals surface area contributed by atoms with Crippen LogP contribution in [-0.2, 0) is 4.74 Å². The van der Waals surface area contributed by atoms with Crippen molar-refractivity contribution in [3.8, 4) is 0 Å². The highest BCUT2D eigenvalue weighted by Gasteiger charge is 2.20. The number of β-amino-alcohol motifs (C(OH)–C–C–N with tert-alkyl or cyclic N) is 1. The lowest BCUT2D eigenvalue weighted by Gasteiger charge is -2.34. The minimum Gasteiger partial charge on any atom is -0.389 e. The number of likely N-dealkylation sites (tertiary alicyclic amines) is 1. The predicted octanol–water partition coefficient (Wildman–Crippen LogP) is 1.65. The van der Waals surface area contributed by atoms with Gasteiger partial charge in [0.05, 0.1) is 18.8 Å². The Hall–Kier alpha value is -0.120. The molecule has 3 nitrogen and oxygen atoms in total. The van der Waals surface area contributed by atoms with E-state index in [0.717, 1.165) is 13.1 Å². The van der Waals surface area contributed by atoms with E-state index in [4.69, 9.17) is 4.74 Å². The number of hydrogen-bond donors (Lipinski definition) is 1. The summed E-state index contributed by atoms with van der Waals surface area (Å²) in [5, 5.41) is 9.80. The lowest BCUT2D eigenvalue weighted by Crippen LogP contribution is -2.43. The van der Waals surface area contributed by atoms with Crippen LogP contribution in [0.3, 0.4) is 0 Å². The van der Waals surface area contributed by atoms with Crippen LogP contribution < -0.4 is 0 Å². The van der Waals surface area contributed by atoms with Gasteiger partial charge in [-0.05, 0) is 40.2 Å². The van der Waals surface area contributed by atoms with Crippen LogP contribution in [0.15, 0.2) is 0 Å². The highest BCUT2D eigenvalue weighted by atomic mass is 16.5. The normalized spacial score (nSPS) is 25.8. The van der Waals surface area contributed by atoms with Crippen molar-refractivity contribution < 1.29 is 9.84 Å². The van der Waals surface area contributed by atoms with Crippen LogP contribution in [-0.4, -0.2) is 48.0 Å². The van der Waals surface area contributed by atoms with Gasteiger partial charge >= 0.3 is 0 Å². The van der Waals surface area contributed by atoms with E-state index in [1.54, 1.807) is 0 Å². The summed E-state index contributed by atoms with van der Waals surface area (Å²) in [6.45, 7) is 8.58. The van der Waals surface area contributed by atoms with Crippen LogP contribution in [0.25, 0.3) is 0 Å². The summed E-state index contributed by atoms with van der Waals surface area (Å²) in [7, 11) is 0. The third-order valence-corrected chi connectivity index (χ3v) is 3.01. The molecule has 15 heavy (non-hydrogen) atoms. The summed E-state index contributed by atoms with van der Waals surface area (Å²) >= 11 is 0. The van der Waals surface area contributed by atoms with E-state index in [0.29, 0.717) is 12.6 Å². The Morgan fingerprint density at radius 1 is 1.40 bits per heavy atom. The van der Waals surface area contributed by atoms with Crippen molar-refractivity contribution in [2.75, 3.05) is 19.7 Å². The molecule has 1 saturated heterocycles. The molecule has 3 heteroatoms. The molecule has 0 bridgehead atoms. The first-order valence-corrected chi connectivity index (χ1v) is 6.13. The molecule has 0 aromatic rings. The maximum absolute atomic E-state index is 9.80. The van der Waals surface area contributed by atoms with Gasteiger partial charge in [0.2, 0.25) is 0 Å². The van der Waals surface area contributed by atoms with Gasteiger partial charge in [0.15, 0.2) is 0 Å². The first-order valence-electron chi connectivity index (χ1n) is 6.13. The summed E-state index contributed by atoms with van der Waals surface area (Å²) in [4.78, 5) is 2.37. The molecule has 1 N–H and O–H groups in total. The van der Waals surface area contributed by atoms with Crippen molar-refractivity contribution in [2.24, 2.45) is 0 Å². The van der Waals surface area contributed by atoms with Crippen LogP contribution in [0, 0.1) is 0 Å². The van der Waals surface area contributed by atoms with E-state index < -0.39 is 0 Å².